The molecule has 0 amide bonds. The lowest BCUT2D eigenvalue weighted by molar-refractivity contribution is -0.143. The molecule has 0 bridgehead atoms. The van der Waals surface area contributed by atoms with E-state index >= 15 is 0 Å². The molecule has 0 fully saturated rings. The van der Waals surface area contributed by atoms with Crippen LogP contribution >= 0.6 is 0 Å². The Kier molecular flexibility index (Phi) is 3.96. The molecule has 3 nitrogen and oxygen atoms in total. The van der Waals surface area contributed by atoms with E-state index in [0.717, 1.165) is 0 Å². The second-order valence-electron chi connectivity index (χ2n) is 1.52. The highest BCUT2D eigenvalue weighted by molar-refractivity contribution is 5.75. The molecule has 9 heavy (non-hydrogen) atoms. The molecule has 0 heterocycles. The number of esters is 1. The predicted octanol–water partition coefficient (Wildman–Crippen LogP) is -0.283. The van der Waals surface area contributed by atoms with Crippen molar-refractivity contribution < 1.29 is 13.9 Å². The first-order valence-electron chi connectivity index (χ1n) is 2.57. The standard InChI is InChI=1S/C5H10FNO2/c1-7-4(3-6)5(8)9-2/h4,7H,3H2,1-2H3. The van der Waals surface area contributed by atoms with E-state index in [1.54, 1.807) is 0 Å². The molecule has 0 aromatic carbocycles. The number of carbonyl (C=O) groups excluding carboxylic acids is 1. The smallest absolute Gasteiger partial charge is 0.325 e. The van der Waals surface area contributed by atoms with Gasteiger partial charge < -0.3 is 10.1 Å². The Morgan fingerprint density at radius 3 is 2.56 bits per heavy atom. The summed E-state index contributed by atoms with van der Waals surface area (Å²) in [4.78, 5) is 10.4. The van der Waals surface area contributed by atoms with E-state index in [1.165, 1.54) is 14.2 Å². The number of alkyl halides is 1. The molecule has 1 unspecified atom stereocenters. The van der Waals surface area contributed by atoms with Crippen molar-refractivity contribution in [1.29, 1.82) is 0 Å². The molecule has 0 aromatic rings. The van der Waals surface area contributed by atoms with Crippen LogP contribution in [0.15, 0.2) is 0 Å². The van der Waals surface area contributed by atoms with Crippen LogP contribution in [0.4, 0.5) is 4.39 Å². The van der Waals surface area contributed by atoms with Crippen LogP contribution in [0.2, 0.25) is 0 Å². The number of likely N-dealkylation sites (N-methyl/N-ethyl adjacent to an activating group) is 1. The Bertz CT molecular complexity index is 93.0. The van der Waals surface area contributed by atoms with Gasteiger partial charge in [-0.05, 0) is 7.05 Å². The van der Waals surface area contributed by atoms with Crippen molar-refractivity contribution in [3.05, 3.63) is 0 Å². The lowest BCUT2D eigenvalue weighted by Crippen LogP contribution is -2.36. The highest BCUT2D eigenvalue weighted by Crippen LogP contribution is 1.86. The van der Waals surface area contributed by atoms with E-state index in [-0.39, 0.29) is 0 Å². The largest absolute Gasteiger partial charge is 0.468 e. The van der Waals surface area contributed by atoms with Crippen molar-refractivity contribution in [2.75, 3.05) is 20.8 Å². The summed E-state index contributed by atoms with van der Waals surface area (Å²) in [5.41, 5.74) is 0. The molecule has 0 aromatic heterocycles. The zero-order valence-electron chi connectivity index (χ0n) is 5.48. The molecule has 1 N–H and O–H groups in total. The van der Waals surface area contributed by atoms with E-state index in [1.807, 2.05) is 0 Å². The van der Waals surface area contributed by atoms with Gasteiger partial charge in [0.15, 0.2) is 0 Å². The molecule has 0 saturated heterocycles. The van der Waals surface area contributed by atoms with Crippen molar-refractivity contribution in [3.8, 4) is 0 Å². The average Bonchev–Trinajstić information content (AvgIpc) is 1.90. The Morgan fingerprint density at radius 1 is 1.89 bits per heavy atom. The second-order valence-corrected chi connectivity index (χ2v) is 1.52. The third-order valence-electron chi connectivity index (χ3n) is 0.988. The number of nitrogens with one attached hydrogen (secondary N) is 1. The van der Waals surface area contributed by atoms with Gasteiger partial charge in [-0.3, -0.25) is 4.79 Å². The van der Waals surface area contributed by atoms with Crippen LogP contribution in [0.3, 0.4) is 0 Å². The van der Waals surface area contributed by atoms with Gasteiger partial charge in [0.1, 0.15) is 12.7 Å². The van der Waals surface area contributed by atoms with Crippen LogP contribution in [0.25, 0.3) is 0 Å². The first kappa shape index (κ1) is 8.36. The molecular weight excluding hydrogens is 125 g/mol. The quantitative estimate of drug-likeness (QED) is 0.541. The minimum atomic E-state index is -0.810. The van der Waals surface area contributed by atoms with E-state index in [9.17, 15) is 9.18 Å². The van der Waals surface area contributed by atoms with Gasteiger partial charge >= 0.3 is 5.97 Å². The highest BCUT2D eigenvalue weighted by Gasteiger charge is 2.14. The van der Waals surface area contributed by atoms with Crippen molar-refractivity contribution in [3.63, 3.8) is 0 Å². The van der Waals surface area contributed by atoms with E-state index in [4.69, 9.17) is 0 Å². The summed E-state index contributed by atoms with van der Waals surface area (Å²) in [5, 5.41) is 2.45. The van der Waals surface area contributed by atoms with Gasteiger partial charge in [-0.2, -0.15) is 0 Å². The fourth-order valence-electron chi connectivity index (χ4n) is 0.400. The summed E-state index contributed by atoms with van der Waals surface area (Å²) in [6.45, 7) is -0.733. The summed E-state index contributed by atoms with van der Waals surface area (Å²) in [6.07, 6.45) is 0. The Balaban J connectivity index is 3.64. The second kappa shape index (κ2) is 4.26. The fourth-order valence-corrected chi connectivity index (χ4v) is 0.400. The third kappa shape index (κ3) is 2.41. The van der Waals surface area contributed by atoms with Crippen molar-refractivity contribution in [2.24, 2.45) is 0 Å². The summed E-state index contributed by atoms with van der Waals surface area (Å²) >= 11 is 0. The number of methoxy groups -OCH3 is 1. The molecule has 0 spiro atoms. The Labute approximate surface area is 53.2 Å². The fraction of sp³-hybridized carbons (Fsp3) is 0.800. The Hall–Kier alpha value is -0.640. The molecule has 4 heteroatoms. The van der Waals surface area contributed by atoms with Gasteiger partial charge in [-0.25, -0.2) is 4.39 Å². The minimum Gasteiger partial charge on any atom is -0.468 e. The number of ether oxygens (including phenoxy) is 1. The summed E-state index contributed by atoms with van der Waals surface area (Å²) in [7, 11) is 2.73. The summed E-state index contributed by atoms with van der Waals surface area (Å²) in [6, 6.07) is -0.810. The van der Waals surface area contributed by atoms with Crippen LogP contribution in [0, 0.1) is 0 Å². The van der Waals surface area contributed by atoms with E-state index in [0.29, 0.717) is 0 Å². The van der Waals surface area contributed by atoms with Gasteiger partial charge in [-0.1, -0.05) is 0 Å². The molecule has 54 valence electrons. The van der Waals surface area contributed by atoms with Gasteiger partial charge in [-0.15, -0.1) is 0 Å². The molecule has 0 rings (SSSR count). The van der Waals surface area contributed by atoms with E-state index < -0.39 is 18.7 Å². The number of hydrogen-bond acceptors (Lipinski definition) is 3. The maximum atomic E-state index is 11.7. The first-order chi connectivity index (χ1) is 4.26. The van der Waals surface area contributed by atoms with Gasteiger partial charge in [0.05, 0.1) is 7.11 Å². The third-order valence-corrected chi connectivity index (χ3v) is 0.988. The molecule has 0 radical (unpaired) electrons. The molecule has 0 aliphatic carbocycles. The average molecular weight is 135 g/mol. The number of carbonyl (C=O) groups is 1. The normalized spacial score (nSPS) is 12.8. The monoisotopic (exact) mass is 135 g/mol. The number of hydrogen-bond donors (Lipinski definition) is 1. The minimum absolute atomic E-state index is 0.569. The molecule has 0 saturated carbocycles. The van der Waals surface area contributed by atoms with Crippen LogP contribution in [-0.4, -0.2) is 32.8 Å². The lowest BCUT2D eigenvalue weighted by Gasteiger charge is -2.07. The van der Waals surface area contributed by atoms with Crippen LogP contribution < -0.4 is 5.32 Å². The van der Waals surface area contributed by atoms with Crippen molar-refractivity contribution in [1.82, 2.24) is 5.32 Å². The van der Waals surface area contributed by atoms with Crippen molar-refractivity contribution in [2.45, 2.75) is 6.04 Å². The zero-order chi connectivity index (χ0) is 7.28. The highest BCUT2D eigenvalue weighted by atomic mass is 19.1. The molecule has 0 aliphatic rings. The topological polar surface area (TPSA) is 38.3 Å². The van der Waals surface area contributed by atoms with Gasteiger partial charge in [0.25, 0.3) is 0 Å². The lowest BCUT2D eigenvalue weighted by atomic mass is 10.3. The predicted molar refractivity (Wildman–Crippen MR) is 30.8 cm³/mol. The number of rotatable bonds is 3. The van der Waals surface area contributed by atoms with Crippen LogP contribution in [-0.2, 0) is 9.53 Å². The molecular formula is C5H10FNO2. The zero-order valence-corrected chi connectivity index (χ0v) is 5.48. The van der Waals surface area contributed by atoms with Crippen LogP contribution in [0.5, 0.6) is 0 Å². The first-order valence-corrected chi connectivity index (χ1v) is 2.57. The SMILES string of the molecule is CNC(CF)C(=O)OC. The van der Waals surface area contributed by atoms with Crippen LogP contribution in [0.1, 0.15) is 0 Å². The summed E-state index contributed by atoms with van der Waals surface area (Å²) < 4.78 is 16.0. The number of halogens is 1. The van der Waals surface area contributed by atoms with Crippen molar-refractivity contribution >= 4 is 5.97 Å². The van der Waals surface area contributed by atoms with E-state index in [2.05, 4.69) is 10.1 Å². The maximum absolute atomic E-state index is 11.7. The van der Waals surface area contributed by atoms with Gasteiger partial charge in [0.2, 0.25) is 0 Å². The van der Waals surface area contributed by atoms with Gasteiger partial charge in [0, 0.05) is 0 Å². The molecule has 1 atom stereocenters. The maximum Gasteiger partial charge on any atom is 0.325 e. The Morgan fingerprint density at radius 2 is 2.44 bits per heavy atom. The summed E-state index contributed by atoms with van der Waals surface area (Å²) in [5.74, 6) is -0.569. The molecule has 0 aliphatic heterocycles.